The number of benzene rings is 3. The van der Waals surface area contributed by atoms with Gasteiger partial charge in [0.05, 0.1) is 30.9 Å². The van der Waals surface area contributed by atoms with Crippen LogP contribution in [0.2, 0.25) is 0 Å². The van der Waals surface area contributed by atoms with Crippen molar-refractivity contribution in [1.29, 1.82) is 0 Å². The minimum atomic E-state index is 0.130. The number of rotatable bonds is 4. The zero-order valence-corrected chi connectivity index (χ0v) is 18.5. The Morgan fingerprint density at radius 3 is 2.55 bits per heavy atom. The molecule has 0 N–H and O–H groups in total. The molecule has 1 aliphatic heterocycles. The normalized spacial score (nSPS) is 12.9. The van der Waals surface area contributed by atoms with Crippen LogP contribution in [0.3, 0.4) is 0 Å². The first-order valence-corrected chi connectivity index (χ1v) is 11.2. The summed E-state index contributed by atoms with van der Waals surface area (Å²) in [6.45, 7) is 3.19. The van der Waals surface area contributed by atoms with Gasteiger partial charge in [0.25, 0.3) is 0 Å². The molecule has 33 heavy (non-hydrogen) atoms. The van der Waals surface area contributed by atoms with E-state index in [0.717, 1.165) is 39.1 Å². The molecule has 0 radical (unpaired) electrons. The number of fused-ring (bicyclic) bond motifs is 2. The fraction of sp³-hybridized carbons (Fsp3) is 0.143. The van der Waals surface area contributed by atoms with Crippen molar-refractivity contribution in [1.82, 2.24) is 19.2 Å². The second kappa shape index (κ2) is 7.78. The van der Waals surface area contributed by atoms with Crippen LogP contribution in [0.15, 0.2) is 91.3 Å². The fourth-order valence-electron chi connectivity index (χ4n) is 4.78. The molecule has 3 heterocycles. The van der Waals surface area contributed by atoms with Crippen LogP contribution in [0.4, 0.5) is 0 Å². The second-order valence-corrected chi connectivity index (χ2v) is 8.65. The maximum atomic E-state index is 13.3. The summed E-state index contributed by atoms with van der Waals surface area (Å²) in [6, 6.07) is 26.8. The summed E-state index contributed by atoms with van der Waals surface area (Å²) in [5.74, 6) is 1.13. The van der Waals surface area contributed by atoms with Crippen LogP contribution in [-0.4, -0.2) is 25.2 Å². The van der Waals surface area contributed by atoms with Gasteiger partial charge in [-0.15, -0.1) is 0 Å². The lowest BCUT2D eigenvalue weighted by Crippen LogP contribution is -2.28. The Balaban J connectivity index is 1.33. The average molecular weight is 433 g/mol. The van der Waals surface area contributed by atoms with E-state index in [-0.39, 0.29) is 5.91 Å². The van der Waals surface area contributed by atoms with Gasteiger partial charge in [-0.2, -0.15) is 5.10 Å². The molecule has 0 bridgehead atoms. The van der Waals surface area contributed by atoms with Gasteiger partial charge in [0.2, 0.25) is 5.91 Å². The quantitative estimate of drug-likeness (QED) is 0.391. The Morgan fingerprint density at radius 2 is 1.70 bits per heavy atom. The monoisotopic (exact) mass is 432 g/mol. The summed E-state index contributed by atoms with van der Waals surface area (Å²) in [6.07, 6.45) is 4.46. The molecule has 5 nitrogen and oxygen atoms in total. The van der Waals surface area contributed by atoms with Crippen LogP contribution in [0, 0.1) is 6.92 Å². The molecule has 1 amide bonds. The van der Waals surface area contributed by atoms with Gasteiger partial charge in [-0.05, 0) is 53.1 Å². The predicted octanol–water partition coefficient (Wildman–Crippen LogP) is 5.21. The van der Waals surface area contributed by atoms with Gasteiger partial charge < -0.3 is 9.47 Å². The molecule has 0 saturated carbocycles. The molecule has 0 atom stereocenters. The van der Waals surface area contributed by atoms with Gasteiger partial charge in [0, 0.05) is 18.0 Å². The molecule has 3 aromatic carbocycles. The van der Waals surface area contributed by atoms with Crippen molar-refractivity contribution in [3.8, 4) is 11.5 Å². The summed E-state index contributed by atoms with van der Waals surface area (Å²) in [7, 11) is 0. The summed E-state index contributed by atoms with van der Waals surface area (Å²) in [5.41, 5.74) is 5.36. The van der Waals surface area contributed by atoms with Crippen molar-refractivity contribution < 1.29 is 4.79 Å². The van der Waals surface area contributed by atoms with Crippen molar-refractivity contribution in [3.05, 3.63) is 114 Å². The molecule has 6 rings (SSSR count). The van der Waals surface area contributed by atoms with E-state index in [4.69, 9.17) is 5.10 Å². The number of nitrogens with zero attached hydrogens (tertiary/aromatic N) is 4. The molecule has 2 aromatic heterocycles. The Morgan fingerprint density at radius 1 is 0.909 bits per heavy atom. The van der Waals surface area contributed by atoms with Crippen LogP contribution in [0.5, 0.6) is 0 Å². The number of carbonyl (C=O) groups is 1. The van der Waals surface area contributed by atoms with Crippen LogP contribution in [-0.2, 0) is 24.3 Å². The first kappa shape index (κ1) is 19.6. The zero-order valence-electron chi connectivity index (χ0n) is 18.5. The number of carbonyl (C=O) groups excluding carboxylic acids is 1. The van der Waals surface area contributed by atoms with E-state index in [1.54, 1.807) is 0 Å². The predicted molar refractivity (Wildman–Crippen MR) is 130 cm³/mol. The first-order valence-electron chi connectivity index (χ1n) is 11.2. The molecule has 162 valence electrons. The standard InChI is InChI=1S/C28H24N4O/c1-20-8-6-12-23(16-20)32-28(30-14-4-5-15-30)25-18-31(19-26(25)29-32)27(33)17-22-11-7-10-21-9-2-3-13-24(21)22/h2-16H,17-19H2,1H3. The van der Waals surface area contributed by atoms with E-state index in [0.29, 0.717) is 19.5 Å². The van der Waals surface area contributed by atoms with Crippen LogP contribution in [0.1, 0.15) is 22.4 Å². The van der Waals surface area contributed by atoms with E-state index in [1.165, 1.54) is 5.56 Å². The topological polar surface area (TPSA) is 43.1 Å². The van der Waals surface area contributed by atoms with E-state index >= 15 is 0 Å². The number of aromatic nitrogens is 3. The van der Waals surface area contributed by atoms with Crippen molar-refractivity contribution in [2.24, 2.45) is 0 Å². The number of amides is 1. The molecule has 5 aromatic rings. The van der Waals surface area contributed by atoms with E-state index in [9.17, 15) is 4.79 Å². The first-order chi connectivity index (χ1) is 16.2. The highest BCUT2D eigenvalue weighted by atomic mass is 16.2. The lowest BCUT2D eigenvalue weighted by Gasteiger charge is -2.18. The van der Waals surface area contributed by atoms with E-state index in [1.807, 2.05) is 52.3 Å². The molecule has 0 aliphatic carbocycles. The highest BCUT2D eigenvalue weighted by Gasteiger charge is 2.31. The Kier molecular flexibility index (Phi) is 4.61. The molecular weight excluding hydrogens is 408 g/mol. The third-order valence-corrected chi connectivity index (χ3v) is 6.40. The third-order valence-electron chi connectivity index (χ3n) is 6.40. The summed E-state index contributed by atoms with van der Waals surface area (Å²) >= 11 is 0. The van der Waals surface area contributed by atoms with Gasteiger partial charge in [-0.3, -0.25) is 4.79 Å². The number of hydrogen-bond donors (Lipinski definition) is 0. The molecule has 0 spiro atoms. The number of aryl methyl sites for hydroxylation is 1. The zero-order chi connectivity index (χ0) is 22.4. The van der Waals surface area contributed by atoms with Gasteiger partial charge in [-0.1, -0.05) is 54.6 Å². The molecule has 0 saturated heterocycles. The lowest BCUT2D eigenvalue weighted by atomic mass is 10.0. The highest BCUT2D eigenvalue weighted by Crippen LogP contribution is 2.31. The summed E-state index contributed by atoms with van der Waals surface area (Å²) in [4.78, 5) is 15.2. The molecule has 1 aliphatic rings. The summed E-state index contributed by atoms with van der Waals surface area (Å²) in [5, 5.41) is 7.25. The van der Waals surface area contributed by atoms with Crippen LogP contribution >= 0.6 is 0 Å². The number of hydrogen-bond acceptors (Lipinski definition) is 2. The Labute approximate surface area is 192 Å². The van der Waals surface area contributed by atoms with Gasteiger partial charge in [0.15, 0.2) is 0 Å². The maximum Gasteiger partial charge on any atom is 0.227 e. The van der Waals surface area contributed by atoms with Crippen molar-refractivity contribution >= 4 is 16.7 Å². The largest absolute Gasteiger partial charge is 0.332 e. The van der Waals surface area contributed by atoms with Crippen molar-refractivity contribution in [2.45, 2.75) is 26.4 Å². The Bertz CT molecular complexity index is 1470. The van der Waals surface area contributed by atoms with Crippen molar-refractivity contribution in [2.75, 3.05) is 0 Å². The van der Waals surface area contributed by atoms with Gasteiger partial charge >= 0.3 is 0 Å². The summed E-state index contributed by atoms with van der Waals surface area (Å²) < 4.78 is 4.09. The van der Waals surface area contributed by atoms with E-state index < -0.39 is 0 Å². The minimum Gasteiger partial charge on any atom is -0.332 e. The molecular formula is C28H24N4O. The molecule has 0 fully saturated rings. The average Bonchev–Trinajstić information content (AvgIpc) is 3.55. The highest BCUT2D eigenvalue weighted by molar-refractivity contribution is 5.90. The maximum absolute atomic E-state index is 13.3. The molecule has 5 heteroatoms. The smallest absolute Gasteiger partial charge is 0.227 e. The third kappa shape index (κ3) is 3.42. The van der Waals surface area contributed by atoms with Crippen LogP contribution < -0.4 is 0 Å². The van der Waals surface area contributed by atoms with Crippen LogP contribution in [0.25, 0.3) is 22.3 Å². The van der Waals surface area contributed by atoms with E-state index in [2.05, 4.69) is 60.0 Å². The minimum absolute atomic E-state index is 0.130. The second-order valence-electron chi connectivity index (χ2n) is 8.65. The van der Waals surface area contributed by atoms with Gasteiger partial charge in [0.1, 0.15) is 5.82 Å². The van der Waals surface area contributed by atoms with Crippen molar-refractivity contribution in [3.63, 3.8) is 0 Å². The van der Waals surface area contributed by atoms with Gasteiger partial charge in [-0.25, -0.2) is 4.68 Å². The SMILES string of the molecule is Cc1cccc(-n2nc3c(c2-n2cccc2)CN(C(=O)Cc2cccc4ccccc24)C3)c1. The Hall–Kier alpha value is -4.12. The lowest BCUT2D eigenvalue weighted by molar-refractivity contribution is -0.131. The fourth-order valence-corrected chi connectivity index (χ4v) is 4.78. The molecule has 0 unspecified atom stereocenters.